The van der Waals surface area contributed by atoms with Crippen molar-refractivity contribution in [3.63, 3.8) is 0 Å². The number of aromatic nitrogens is 1. The number of nitrogens with zero attached hydrogens (tertiary/aromatic N) is 1. The van der Waals surface area contributed by atoms with Crippen molar-refractivity contribution >= 4 is 21.4 Å². The number of rotatable bonds is 2. The van der Waals surface area contributed by atoms with Gasteiger partial charge in [0.2, 0.25) is 0 Å². The summed E-state index contributed by atoms with van der Waals surface area (Å²) in [5.74, 6) is 0. The van der Waals surface area contributed by atoms with Gasteiger partial charge >= 0.3 is 0 Å². The van der Waals surface area contributed by atoms with Crippen LogP contribution in [0.3, 0.4) is 0 Å². The molecule has 0 aliphatic carbocycles. The lowest BCUT2D eigenvalue weighted by Gasteiger charge is -2.15. The van der Waals surface area contributed by atoms with Crippen LogP contribution in [0.1, 0.15) is 28.6 Å². The zero-order valence-corrected chi connectivity index (χ0v) is 11.9. The Hall–Kier alpha value is -1.71. The molecule has 3 aromatic rings. The smallest absolute Gasteiger partial charge is 0.0567 e. The van der Waals surface area contributed by atoms with E-state index in [1.807, 2.05) is 13.8 Å². The van der Waals surface area contributed by atoms with Crippen LogP contribution < -0.4 is 5.73 Å². The number of hydrogen-bond donors (Lipinski definition) is 1. The third-order valence-corrected chi connectivity index (χ3v) is 4.29. The minimum absolute atomic E-state index is 0.0947. The average molecular weight is 268 g/mol. The van der Waals surface area contributed by atoms with Gasteiger partial charge in [-0.3, -0.25) is 4.98 Å². The molecule has 2 heterocycles. The quantitative estimate of drug-likeness (QED) is 0.764. The van der Waals surface area contributed by atoms with Gasteiger partial charge < -0.3 is 5.73 Å². The zero-order valence-electron chi connectivity index (χ0n) is 11.1. The molecule has 0 bridgehead atoms. The number of hydrogen-bond acceptors (Lipinski definition) is 3. The molecule has 0 spiro atoms. The van der Waals surface area contributed by atoms with Crippen molar-refractivity contribution < 1.29 is 0 Å². The molecule has 0 radical (unpaired) electrons. The van der Waals surface area contributed by atoms with Gasteiger partial charge in [0.1, 0.15) is 0 Å². The van der Waals surface area contributed by atoms with Gasteiger partial charge in [0, 0.05) is 16.1 Å². The Bertz CT molecular complexity index is 710. The van der Waals surface area contributed by atoms with E-state index in [-0.39, 0.29) is 6.04 Å². The van der Waals surface area contributed by atoms with Crippen molar-refractivity contribution in [1.82, 2.24) is 4.98 Å². The third kappa shape index (κ3) is 2.27. The van der Waals surface area contributed by atoms with Gasteiger partial charge in [0.25, 0.3) is 0 Å². The monoisotopic (exact) mass is 268 g/mol. The number of benzene rings is 1. The first-order chi connectivity index (χ1) is 9.15. The van der Waals surface area contributed by atoms with Gasteiger partial charge in [0.05, 0.1) is 6.04 Å². The first-order valence-corrected chi connectivity index (χ1v) is 7.20. The second kappa shape index (κ2) is 4.76. The summed E-state index contributed by atoms with van der Waals surface area (Å²) < 4.78 is 1.28. The summed E-state index contributed by atoms with van der Waals surface area (Å²) in [5.41, 5.74) is 10.8. The molecule has 19 heavy (non-hydrogen) atoms. The second-order valence-corrected chi connectivity index (χ2v) is 5.76. The number of pyridine rings is 1. The maximum atomic E-state index is 6.46. The normalized spacial score (nSPS) is 12.8. The first-order valence-electron chi connectivity index (χ1n) is 6.32. The molecular formula is C16H16N2S. The van der Waals surface area contributed by atoms with E-state index in [1.165, 1.54) is 15.6 Å². The molecule has 2 N–H and O–H groups in total. The molecule has 0 saturated carbocycles. The summed E-state index contributed by atoms with van der Waals surface area (Å²) in [7, 11) is 0. The molecule has 0 fully saturated rings. The second-order valence-electron chi connectivity index (χ2n) is 4.85. The van der Waals surface area contributed by atoms with E-state index in [0.29, 0.717) is 0 Å². The largest absolute Gasteiger partial charge is 0.320 e. The summed E-state index contributed by atoms with van der Waals surface area (Å²) in [6.45, 7) is 4.02. The van der Waals surface area contributed by atoms with Gasteiger partial charge in [-0.25, -0.2) is 0 Å². The minimum atomic E-state index is -0.0947. The molecule has 3 heteroatoms. The molecule has 2 aromatic heterocycles. The van der Waals surface area contributed by atoms with E-state index in [0.717, 1.165) is 17.0 Å². The molecule has 1 unspecified atom stereocenters. The van der Waals surface area contributed by atoms with Crippen LogP contribution in [-0.4, -0.2) is 4.98 Å². The number of aryl methyl sites for hydroxylation is 2. The first kappa shape index (κ1) is 12.3. The van der Waals surface area contributed by atoms with Crippen LogP contribution in [0.15, 0.2) is 41.8 Å². The molecule has 96 valence electrons. The molecular weight excluding hydrogens is 252 g/mol. The van der Waals surface area contributed by atoms with E-state index in [2.05, 4.69) is 46.8 Å². The highest BCUT2D eigenvalue weighted by Gasteiger charge is 2.13. The van der Waals surface area contributed by atoms with Crippen molar-refractivity contribution in [2.45, 2.75) is 19.9 Å². The highest BCUT2D eigenvalue weighted by atomic mass is 32.1. The van der Waals surface area contributed by atoms with E-state index < -0.39 is 0 Å². The summed E-state index contributed by atoms with van der Waals surface area (Å²) in [4.78, 5) is 4.41. The van der Waals surface area contributed by atoms with Crippen LogP contribution in [0.25, 0.3) is 10.1 Å². The molecule has 0 saturated heterocycles. The van der Waals surface area contributed by atoms with Gasteiger partial charge in [-0.1, -0.05) is 18.2 Å². The molecule has 2 nitrogen and oxygen atoms in total. The molecule has 3 rings (SSSR count). The van der Waals surface area contributed by atoms with E-state index in [9.17, 15) is 0 Å². The molecule has 0 aliphatic heterocycles. The van der Waals surface area contributed by atoms with Crippen LogP contribution in [0, 0.1) is 13.8 Å². The highest BCUT2D eigenvalue weighted by molar-refractivity contribution is 7.17. The lowest BCUT2D eigenvalue weighted by atomic mass is 9.98. The van der Waals surface area contributed by atoms with Crippen molar-refractivity contribution in [2.75, 3.05) is 0 Å². The lowest BCUT2D eigenvalue weighted by molar-refractivity contribution is 0.869. The van der Waals surface area contributed by atoms with E-state index in [1.54, 1.807) is 11.3 Å². The Balaban J connectivity index is 2.13. The zero-order chi connectivity index (χ0) is 13.4. The fourth-order valence-electron chi connectivity index (χ4n) is 2.49. The van der Waals surface area contributed by atoms with E-state index >= 15 is 0 Å². The topological polar surface area (TPSA) is 38.9 Å². The third-order valence-electron chi connectivity index (χ3n) is 3.31. The fourth-order valence-corrected chi connectivity index (χ4v) is 3.44. The Morgan fingerprint density at radius 1 is 1.11 bits per heavy atom. The van der Waals surface area contributed by atoms with E-state index in [4.69, 9.17) is 5.73 Å². The predicted molar refractivity (Wildman–Crippen MR) is 81.6 cm³/mol. The summed E-state index contributed by atoms with van der Waals surface area (Å²) >= 11 is 1.75. The van der Waals surface area contributed by atoms with Crippen molar-refractivity contribution in [1.29, 1.82) is 0 Å². The summed E-state index contributed by atoms with van der Waals surface area (Å²) in [6, 6.07) is 12.5. The van der Waals surface area contributed by atoms with Crippen LogP contribution >= 0.6 is 11.3 Å². The van der Waals surface area contributed by atoms with Gasteiger partial charge in [-0.15, -0.1) is 11.3 Å². The highest BCUT2D eigenvalue weighted by Crippen LogP contribution is 2.31. The number of thiophene rings is 1. The summed E-state index contributed by atoms with van der Waals surface area (Å²) in [6.07, 6.45) is 0. The Labute approximate surface area is 116 Å². The predicted octanol–water partition coefficient (Wildman–Crippen LogP) is 3.96. The van der Waals surface area contributed by atoms with Gasteiger partial charge in [0.15, 0.2) is 0 Å². The average Bonchev–Trinajstić information content (AvgIpc) is 2.84. The molecule has 0 amide bonds. The van der Waals surface area contributed by atoms with Gasteiger partial charge in [-0.05, 0) is 53.9 Å². The lowest BCUT2D eigenvalue weighted by Crippen LogP contribution is -2.12. The minimum Gasteiger partial charge on any atom is -0.320 e. The molecule has 1 aromatic carbocycles. The van der Waals surface area contributed by atoms with Crippen LogP contribution in [-0.2, 0) is 0 Å². The fraction of sp³-hybridized carbons (Fsp3) is 0.188. The van der Waals surface area contributed by atoms with Crippen molar-refractivity contribution in [3.8, 4) is 0 Å². The van der Waals surface area contributed by atoms with Crippen LogP contribution in [0.4, 0.5) is 0 Å². The SMILES string of the molecule is Cc1cc(C(N)c2cccc3ccsc23)cc(C)n1. The summed E-state index contributed by atoms with van der Waals surface area (Å²) in [5, 5.41) is 3.38. The van der Waals surface area contributed by atoms with Crippen LogP contribution in [0.5, 0.6) is 0 Å². The van der Waals surface area contributed by atoms with Gasteiger partial charge in [-0.2, -0.15) is 0 Å². The van der Waals surface area contributed by atoms with Crippen molar-refractivity contribution in [2.24, 2.45) is 5.73 Å². The Morgan fingerprint density at radius 3 is 2.58 bits per heavy atom. The standard InChI is InChI=1S/C16H16N2S/c1-10-8-13(9-11(2)18-10)15(17)14-5-3-4-12-6-7-19-16(12)14/h3-9,15H,17H2,1-2H3. The number of nitrogens with two attached hydrogens (primary N) is 1. The van der Waals surface area contributed by atoms with Crippen molar-refractivity contribution in [3.05, 3.63) is 64.3 Å². The molecule has 1 atom stereocenters. The van der Waals surface area contributed by atoms with Crippen LogP contribution in [0.2, 0.25) is 0 Å². The maximum absolute atomic E-state index is 6.46. The Kier molecular flexibility index (Phi) is 3.09. The maximum Gasteiger partial charge on any atom is 0.0567 e. The number of fused-ring (bicyclic) bond motifs is 1. The molecule has 0 aliphatic rings. The Morgan fingerprint density at radius 2 is 1.84 bits per heavy atom.